The van der Waals surface area contributed by atoms with Gasteiger partial charge in [-0.3, -0.25) is 14.5 Å². The minimum Gasteiger partial charge on any atom is -0.495 e. The summed E-state index contributed by atoms with van der Waals surface area (Å²) in [5.41, 5.74) is 0.676. The molecule has 1 aliphatic rings. The standard InChI is InChI=1S/C14H12BrN3O4/c1-22-12-5-10(8(7-16)4-9(12)15)17-11-6-13(20)18(2-3-19)14(11)21/h4-6,17,19H,2-3H2,1H3. The van der Waals surface area contributed by atoms with Crippen molar-refractivity contribution in [3.63, 3.8) is 0 Å². The molecule has 1 aromatic rings. The molecule has 7 nitrogen and oxygen atoms in total. The third kappa shape index (κ3) is 2.95. The zero-order valence-electron chi connectivity index (χ0n) is 11.6. The van der Waals surface area contributed by atoms with E-state index < -0.39 is 11.8 Å². The lowest BCUT2D eigenvalue weighted by atomic mass is 10.1. The summed E-state index contributed by atoms with van der Waals surface area (Å²) in [5, 5.41) is 20.8. The highest BCUT2D eigenvalue weighted by Crippen LogP contribution is 2.32. The molecule has 0 aromatic heterocycles. The van der Waals surface area contributed by atoms with Crippen LogP contribution in [0.2, 0.25) is 0 Å². The van der Waals surface area contributed by atoms with Crippen molar-refractivity contribution < 1.29 is 19.4 Å². The monoisotopic (exact) mass is 365 g/mol. The molecular formula is C14H12BrN3O4. The maximum Gasteiger partial charge on any atom is 0.277 e. The van der Waals surface area contributed by atoms with Crippen molar-refractivity contribution in [3.8, 4) is 11.8 Å². The highest BCUT2D eigenvalue weighted by atomic mass is 79.9. The number of hydrogen-bond acceptors (Lipinski definition) is 6. The van der Waals surface area contributed by atoms with Gasteiger partial charge in [-0.1, -0.05) is 0 Å². The molecule has 22 heavy (non-hydrogen) atoms. The molecule has 2 rings (SSSR count). The summed E-state index contributed by atoms with van der Waals surface area (Å²) >= 11 is 3.27. The summed E-state index contributed by atoms with van der Waals surface area (Å²) in [6.07, 6.45) is 1.13. The summed E-state index contributed by atoms with van der Waals surface area (Å²) in [6, 6.07) is 5.10. The molecule has 8 heteroatoms. The Balaban J connectivity index is 2.32. The van der Waals surface area contributed by atoms with Gasteiger partial charge in [0, 0.05) is 12.1 Å². The first-order valence-corrected chi connectivity index (χ1v) is 7.04. The van der Waals surface area contributed by atoms with Crippen LogP contribution in [0.5, 0.6) is 5.75 Å². The van der Waals surface area contributed by atoms with E-state index in [-0.39, 0.29) is 24.4 Å². The van der Waals surface area contributed by atoms with E-state index in [9.17, 15) is 9.59 Å². The fraction of sp³-hybridized carbons (Fsp3) is 0.214. The number of anilines is 1. The molecule has 0 unspecified atom stereocenters. The Labute approximate surface area is 134 Å². The largest absolute Gasteiger partial charge is 0.495 e. The fourth-order valence-corrected chi connectivity index (χ4v) is 2.47. The molecule has 1 aromatic carbocycles. The van der Waals surface area contributed by atoms with E-state index in [1.165, 1.54) is 7.11 Å². The predicted molar refractivity (Wildman–Crippen MR) is 80.9 cm³/mol. The van der Waals surface area contributed by atoms with E-state index in [1.807, 2.05) is 6.07 Å². The Morgan fingerprint density at radius 3 is 2.77 bits per heavy atom. The maximum absolute atomic E-state index is 12.1. The third-order valence-electron chi connectivity index (χ3n) is 3.01. The molecule has 2 N–H and O–H groups in total. The first-order valence-electron chi connectivity index (χ1n) is 6.24. The lowest BCUT2D eigenvalue weighted by Gasteiger charge is -2.14. The second-order valence-electron chi connectivity index (χ2n) is 4.35. The van der Waals surface area contributed by atoms with Gasteiger partial charge < -0.3 is 15.2 Å². The van der Waals surface area contributed by atoms with Gasteiger partial charge in [-0.15, -0.1) is 0 Å². The van der Waals surface area contributed by atoms with Crippen LogP contribution in [0.1, 0.15) is 5.56 Å². The van der Waals surface area contributed by atoms with Crippen LogP contribution >= 0.6 is 15.9 Å². The molecule has 0 saturated heterocycles. The lowest BCUT2D eigenvalue weighted by Crippen LogP contribution is -2.34. The average Bonchev–Trinajstić information content (AvgIpc) is 2.76. The van der Waals surface area contributed by atoms with Gasteiger partial charge in [0.2, 0.25) is 0 Å². The number of aliphatic hydroxyl groups is 1. The molecular weight excluding hydrogens is 354 g/mol. The normalized spacial score (nSPS) is 13.9. The average molecular weight is 366 g/mol. The number of carbonyl (C=O) groups excluding carboxylic acids is 2. The number of aliphatic hydroxyl groups excluding tert-OH is 1. The molecule has 0 bridgehead atoms. The van der Waals surface area contributed by atoms with Gasteiger partial charge in [0.1, 0.15) is 17.5 Å². The van der Waals surface area contributed by atoms with Crippen LogP contribution < -0.4 is 10.1 Å². The highest BCUT2D eigenvalue weighted by Gasteiger charge is 2.31. The van der Waals surface area contributed by atoms with Gasteiger partial charge >= 0.3 is 0 Å². The Morgan fingerprint density at radius 1 is 1.45 bits per heavy atom. The van der Waals surface area contributed by atoms with E-state index in [1.54, 1.807) is 12.1 Å². The summed E-state index contributed by atoms with van der Waals surface area (Å²) in [7, 11) is 1.47. The number of nitrogens with one attached hydrogen (secondary N) is 1. The molecule has 114 valence electrons. The van der Waals surface area contributed by atoms with Crippen LogP contribution in [0, 0.1) is 11.3 Å². The number of halogens is 1. The first-order chi connectivity index (χ1) is 10.5. The molecule has 0 radical (unpaired) electrons. The van der Waals surface area contributed by atoms with Crippen molar-refractivity contribution in [2.45, 2.75) is 0 Å². The molecule has 2 amide bonds. The van der Waals surface area contributed by atoms with Crippen molar-refractivity contribution in [3.05, 3.63) is 33.9 Å². The van der Waals surface area contributed by atoms with Crippen molar-refractivity contribution in [2.24, 2.45) is 0 Å². The number of nitrogens with zero attached hydrogens (tertiary/aromatic N) is 2. The topological polar surface area (TPSA) is 103 Å². The molecule has 0 spiro atoms. The number of rotatable bonds is 5. The third-order valence-corrected chi connectivity index (χ3v) is 3.63. The Morgan fingerprint density at radius 2 is 2.18 bits per heavy atom. The summed E-state index contributed by atoms with van der Waals surface area (Å²) in [5.74, 6) is -0.583. The predicted octanol–water partition coefficient (Wildman–Crippen LogP) is 0.986. The minimum absolute atomic E-state index is 0.0410. The zero-order valence-corrected chi connectivity index (χ0v) is 13.2. The quantitative estimate of drug-likeness (QED) is 0.754. The highest BCUT2D eigenvalue weighted by molar-refractivity contribution is 9.10. The smallest absolute Gasteiger partial charge is 0.277 e. The van der Waals surface area contributed by atoms with Crippen LogP contribution in [0.3, 0.4) is 0 Å². The van der Waals surface area contributed by atoms with Crippen molar-refractivity contribution in [1.29, 1.82) is 5.26 Å². The molecule has 0 aliphatic carbocycles. The number of imide groups is 1. The summed E-state index contributed by atoms with van der Waals surface area (Å²) < 4.78 is 5.75. The number of amides is 2. The summed E-state index contributed by atoms with van der Waals surface area (Å²) in [6.45, 7) is -0.387. The number of β-amino-alcohol motifs (C(OH)–C–C–N with tert-alkyl or cyclic N) is 1. The lowest BCUT2D eigenvalue weighted by molar-refractivity contribution is -0.137. The number of benzene rings is 1. The second kappa shape index (κ2) is 6.60. The molecule has 0 saturated carbocycles. The van der Waals surface area contributed by atoms with Gasteiger partial charge in [0.15, 0.2) is 0 Å². The fourth-order valence-electron chi connectivity index (χ4n) is 1.96. The molecule has 1 aliphatic heterocycles. The number of hydrogen-bond donors (Lipinski definition) is 2. The maximum atomic E-state index is 12.1. The zero-order chi connectivity index (χ0) is 16.3. The van der Waals surface area contributed by atoms with Gasteiger partial charge in [-0.05, 0) is 22.0 Å². The van der Waals surface area contributed by atoms with Gasteiger partial charge in [0.05, 0.1) is 36.0 Å². The Hall–Kier alpha value is -2.37. The van der Waals surface area contributed by atoms with Crippen molar-refractivity contribution >= 4 is 33.4 Å². The number of methoxy groups -OCH3 is 1. The van der Waals surface area contributed by atoms with Crippen molar-refractivity contribution in [1.82, 2.24) is 4.90 Å². The summed E-state index contributed by atoms with van der Waals surface area (Å²) in [4.78, 5) is 24.7. The van der Waals surface area contributed by atoms with Gasteiger partial charge in [-0.2, -0.15) is 5.26 Å². The van der Waals surface area contributed by atoms with E-state index in [4.69, 9.17) is 15.1 Å². The van der Waals surface area contributed by atoms with Crippen LogP contribution in [-0.2, 0) is 9.59 Å². The van der Waals surface area contributed by atoms with Crippen LogP contribution in [0.15, 0.2) is 28.4 Å². The number of carbonyl (C=O) groups is 2. The van der Waals surface area contributed by atoms with Gasteiger partial charge in [-0.25, -0.2) is 0 Å². The van der Waals surface area contributed by atoms with Crippen LogP contribution in [-0.4, -0.2) is 42.1 Å². The Kier molecular flexibility index (Phi) is 4.80. The first kappa shape index (κ1) is 16.0. The Bertz CT molecular complexity index is 709. The minimum atomic E-state index is -0.551. The van der Waals surface area contributed by atoms with Crippen LogP contribution in [0.4, 0.5) is 5.69 Å². The van der Waals surface area contributed by atoms with E-state index in [0.717, 1.165) is 11.0 Å². The number of ether oxygens (including phenoxy) is 1. The second-order valence-corrected chi connectivity index (χ2v) is 5.20. The molecule has 0 fully saturated rings. The van der Waals surface area contributed by atoms with E-state index >= 15 is 0 Å². The van der Waals surface area contributed by atoms with Crippen molar-refractivity contribution in [2.75, 3.05) is 25.6 Å². The van der Waals surface area contributed by atoms with E-state index in [0.29, 0.717) is 15.9 Å². The molecule has 0 atom stereocenters. The SMILES string of the molecule is COc1cc(NC2=CC(=O)N(CCO)C2=O)c(C#N)cc1Br. The molecule has 1 heterocycles. The van der Waals surface area contributed by atoms with Crippen LogP contribution in [0.25, 0.3) is 0 Å². The van der Waals surface area contributed by atoms with Gasteiger partial charge in [0.25, 0.3) is 11.8 Å². The number of nitriles is 1. The van der Waals surface area contributed by atoms with E-state index in [2.05, 4.69) is 21.2 Å².